The van der Waals surface area contributed by atoms with Crippen LogP contribution in [-0.2, 0) is 37.3 Å². The van der Waals surface area contributed by atoms with Gasteiger partial charge in [-0.2, -0.15) is 0 Å². The smallest absolute Gasteiger partial charge is 0.323 e. The number of rotatable bonds is 14. The van der Waals surface area contributed by atoms with E-state index in [0.29, 0.717) is 55.6 Å². The number of hydrogen-bond donors (Lipinski definition) is 1. The number of nitrogens with zero attached hydrogens (tertiary/aromatic N) is 2. The predicted molar refractivity (Wildman–Crippen MR) is 171 cm³/mol. The van der Waals surface area contributed by atoms with Gasteiger partial charge in [-0.05, 0) is 35.0 Å². The van der Waals surface area contributed by atoms with E-state index in [1.54, 1.807) is 20.3 Å². The third-order valence-corrected chi connectivity index (χ3v) is 9.05. The Morgan fingerprint density at radius 3 is 2.44 bits per heavy atom. The van der Waals surface area contributed by atoms with Crippen molar-refractivity contribution in [1.82, 2.24) is 9.47 Å². The maximum atomic E-state index is 13.1. The summed E-state index contributed by atoms with van der Waals surface area (Å²) < 4.78 is 30.3. The molecule has 1 aliphatic heterocycles. The van der Waals surface area contributed by atoms with Gasteiger partial charge in [0.25, 0.3) is 0 Å². The number of Topliss-reactive ketones (excluding diaryl/α,β-unsaturated/α-hetero) is 1. The van der Waals surface area contributed by atoms with Gasteiger partial charge in [0, 0.05) is 61.5 Å². The molecule has 12 heteroatoms. The number of ketones is 1. The molecule has 2 aromatic heterocycles. The summed E-state index contributed by atoms with van der Waals surface area (Å²) in [5.41, 5.74) is 8.26. The Morgan fingerprint density at radius 1 is 0.978 bits per heavy atom. The van der Waals surface area contributed by atoms with Crippen LogP contribution >= 0.6 is 11.3 Å². The molecule has 11 nitrogen and oxygen atoms in total. The highest BCUT2D eigenvalue weighted by molar-refractivity contribution is 7.20. The second kappa shape index (κ2) is 14.9. The fraction of sp³-hybridized carbons (Fsp3) is 0.424. The van der Waals surface area contributed by atoms with Crippen LogP contribution in [-0.4, -0.2) is 93.0 Å². The Bertz CT molecular complexity index is 1620. The van der Waals surface area contributed by atoms with Gasteiger partial charge in [-0.15, -0.1) is 11.3 Å². The van der Waals surface area contributed by atoms with E-state index in [-0.39, 0.29) is 25.2 Å². The summed E-state index contributed by atoms with van der Waals surface area (Å²) in [6, 6.07) is 14.5. The molecule has 0 amide bonds. The van der Waals surface area contributed by atoms with Crippen LogP contribution in [0.25, 0.3) is 21.0 Å². The second-order valence-electron chi connectivity index (χ2n) is 11.0. The fourth-order valence-electron chi connectivity index (χ4n) is 5.40. The largest absolute Gasteiger partial charge is 0.493 e. The Balaban J connectivity index is 1.16. The first-order valence-electron chi connectivity index (χ1n) is 14.9. The third kappa shape index (κ3) is 8.01. The molecule has 0 saturated carbocycles. The lowest BCUT2D eigenvalue weighted by atomic mass is 10.1. The Morgan fingerprint density at radius 2 is 1.71 bits per heavy atom. The van der Waals surface area contributed by atoms with Crippen molar-refractivity contribution in [3.05, 3.63) is 59.1 Å². The summed E-state index contributed by atoms with van der Waals surface area (Å²) in [4.78, 5) is 41.3. The van der Waals surface area contributed by atoms with Crippen molar-refractivity contribution in [2.45, 2.75) is 31.4 Å². The summed E-state index contributed by atoms with van der Waals surface area (Å²) >= 11 is 1.33. The van der Waals surface area contributed by atoms with Crippen LogP contribution in [0.5, 0.6) is 11.5 Å². The zero-order valence-corrected chi connectivity index (χ0v) is 26.6. The van der Waals surface area contributed by atoms with Gasteiger partial charge in [-0.1, -0.05) is 18.2 Å². The van der Waals surface area contributed by atoms with Gasteiger partial charge in [0.15, 0.2) is 17.3 Å². The number of aromatic nitrogens is 1. The summed E-state index contributed by atoms with van der Waals surface area (Å²) in [5.74, 6) is -0.122. The minimum absolute atomic E-state index is 0.0102. The highest BCUT2D eigenvalue weighted by Crippen LogP contribution is 2.36. The van der Waals surface area contributed by atoms with Crippen molar-refractivity contribution < 1.29 is 38.1 Å². The predicted octanol–water partition coefficient (Wildman–Crippen LogP) is 3.73. The number of fused-ring (bicyclic) bond motifs is 2. The minimum Gasteiger partial charge on any atom is -0.493 e. The van der Waals surface area contributed by atoms with E-state index in [1.165, 1.54) is 11.3 Å². The topological polar surface area (TPSA) is 132 Å². The van der Waals surface area contributed by atoms with E-state index in [0.717, 1.165) is 26.7 Å². The normalized spacial score (nSPS) is 15.1. The van der Waals surface area contributed by atoms with E-state index in [2.05, 4.69) is 4.90 Å². The Labute approximate surface area is 265 Å². The molecule has 0 spiro atoms. The maximum absolute atomic E-state index is 13.1. The van der Waals surface area contributed by atoms with Crippen molar-refractivity contribution in [2.24, 2.45) is 12.8 Å². The number of benzene rings is 2. The molecule has 0 bridgehead atoms. The van der Waals surface area contributed by atoms with Gasteiger partial charge in [-0.3, -0.25) is 19.3 Å². The van der Waals surface area contributed by atoms with Gasteiger partial charge in [0.2, 0.25) is 0 Å². The molecule has 0 aliphatic carbocycles. The first kappa shape index (κ1) is 32.4. The molecule has 2 aromatic carbocycles. The molecule has 240 valence electrons. The zero-order valence-electron chi connectivity index (χ0n) is 25.8. The second-order valence-corrected chi connectivity index (χ2v) is 12.1. The number of methoxy groups -OCH3 is 2. The van der Waals surface area contributed by atoms with Gasteiger partial charge < -0.3 is 34.0 Å². The zero-order chi connectivity index (χ0) is 31.9. The number of aryl methyl sites for hydroxylation is 1. The van der Waals surface area contributed by atoms with E-state index in [9.17, 15) is 14.4 Å². The molecule has 5 rings (SSSR count). The molecule has 2 N–H and O–H groups in total. The number of morpholine rings is 1. The number of hydrogen-bond acceptors (Lipinski definition) is 11. The van der Waals surface area contributed by atoms with Gasteiger partial charge in [0.05, 0.1) is 38.7 Å². The van der Waals surface area contributed by atoms with E-state index in [4.69, 9.17) is 29.4 Å². The molecule has 4 aromatic rings. The molecule has 2 atom stereocenters. The summed E-state index contributed by atoms with van der Waals surface area (Å²) in [6.45, 7) is 2.72. The molecule has 3 heterocycles. The van der Waals surface area contributed by atoms with Crippen LogP contribution in [0.2, 0.25) is 0 Å². The lowest BCUT2D eigenvalue weighted by Gasteiger charge is -2.30. The number of nitrogens with two attached hydrogens (primary N) is 1. The first-order chi connectivity index (χ1) is 21.7. The van der Waals surface area contributed by atoms with Crippen LogP contribution in [0.3, 0.4) is 0 Å². The van der Waals surface area contributed by atoms with Gasteiger partial charge in [-0.25, -0.2) is 0 Å². The molecule has 45 heavy (non-hydrogen) atoms. The lowest BCUT2D eigenvalue weighted by Crippen LogP contribution is -2.46. The SMILES string of the molecule is COc1cc2cc(C(=O)CCC(=O)OCC(CN3CCOCC3)OC(=O)[C@@H](N)Cc3cc4ccccc4n3C)sc2cc1OC. The summed E-state index contributed by atoms with van der Waals surface area (Å²) in [6.07, 6.45) is -0.531. The number of para-hydroxylation sites is 1. The van der Waals surface area contributed by atoms with Crippen molar-refractivity contribution in [1.29, 1.82) is 0 Å². The average molecular weight is 638 g/mol. The number of thiophene rings is 1. The van der Waals surface area contributed by atoms with Gasteiger partial charge in [0.1, 0.15) is 18.8 Å². The first-order valence-corrected chi connectivity index (χ1v) is 15.7. The molecular weight excluding hydrogens is 598 g/mol. The van der Waals surface area contributed by atoms with E-state index < -0.39 is 24.1 Å². The number of carbonyl (C=O) groups excluding carboxylic acids is 3. The molecule has 1 fully saturated rings. The molecule has 1 saturated heterocycles. The standard InChI is InChI=1S/C33H39N3O8S/c1-35-23(14-21-6-4-5-7-26(21)35)17-25(34)33(39)44-24(19-36-10-12-42-13-11-36)20-43-32(38)9-8-27(37)31-16-22-15-28(40-2)29(41-3)18-30(22)45-31/h4-7,14-16,18,24-25H,8-13,17,19-20,34H2,1-3H3/t24?,25-/m0/s1. The Hall–Kier alpha value is -3.97. The number of ether oxygens (including phenoxy) is 5. The lowest BCUT2D eigenvalue weighted by molar-refractivity contribution is -0.161. The molecule has 0 radical (unpaired) electrons. The summed E-state index contributed by atoms with van der Waals surface area (Å²) in [5, 5.41) is 1.92. The van der Waals surface area contributed by atoms with Crippen molar-refractivity contribution >= 4 is 50.0 Å². The van der Waals surface area contributed by atoms with Crippen LogP contribution in [0.1, 0.15) is 28.2 Å². The Kier molecular flexibility index (Phi) is 10.7. The van der Waals surface area contributed by atoms with Crippen molar-refractivity contribution in [3.8, 4) is 11.5 Å². The quantitative estimate of drug-likeness (QED) is 0.161. The monoisotopic (exact) mass is 637 g/mol. The van der Waals surface area contributed by atoms with E-state index in [1.807, 2.05) is 54.1 Å². The van der Waals surface area contributed by atoms with Crippen molar-refractivity contribution in [2.75, 3.05) is 53.7 Å². The van der Waals surface area contributed by atoms with Gasteiger partial charge >= 0.3 is 11.9 Å². The van der Waals surface area contributed by atoms with E-state index >= 15 is 0 Å². The maximum Gasteiger partial charge on any atom is 0.323 e. The molecule has 1 aliphatic rings. The van der Waals surface area contributed by atoms with Crippen molar-refractivity contribution in [3.63, 3.8) is 0 Å². The van der Waals surface area contributed by atoms with Crippen LogP contribution in [0.4, 0.5) is 0 Å². The fourth-order valence-corrected chi connectivity index (χ4v) is 6.44. The molecular formula is C33H39N3O8S. The van der Waals surface area contributed by atoms with Crippen LogP contribution in [0.15, 0.2) is 48.5 Å². The highest BCUT2D eigenvalue weighted by Gasteiger charge is 2.26. The number of esters is 2. The highest BCUT2D eigenvalue weighted by atomic mass is 32.1. The minimum atomic E-state index is -0.894. The third-order valence-electron chi connectivity index (χ3n) is 7.91. The average Bonchev–Trinajstić information content (AvgIpc) is 3.62. The van der Waals surface area contributed by atoms with Crippen LogP contribution in [0, 0.1) is 0 Å². The molecule has 1 unspecified atom stereocenters. The van der Waals surface area contributed by atoms with Crippen LogP contribution < -0.4 is 15.2 Å². The summed E-state index contributed by atoms with van der Waals surface area (Å²) in [7, 11) is 5.05. The number of carbonyl (C=O) groups is 3.